The first-order chi connectivity index (χ1) is 10.2. The molecule has 0 radical (unpaired) electrons. The largest absolute Gasteiger partial charge is 0.469 e. The van der Waals surface area contributed by atoms with Crippen LogP contribution in [0.2, 0.25) is 0 Å². The quantitative estimate of drug-likeness (QED) is 0.764. The van der Waals surface area contributed by atoms with E-state index in [0.717, 1.165) is 25.4 Å². The number of nitrogens with one attached hydrogen (secondary N) is 1. The molecule has 122 valence electrons. The predicted octanol–water partition coefficient (Wildman–Crippen LogP) is 2.43. The molecule has 21 heavy (non-hydrogen) atoms. The molecule has 2 unspecified atom stereocenters. The third kappa shape index (κ3) is 5.95. The summed E-state index contributed by atoms with van der Waals surface area (Å²) in [6.45, 7) is 3.43. The van der Waals surface area contributed by atoms with E-state index in [4.69, 9.17) is 4.74 Å². The average molecular weight is 296 g/mol. The first-order valence-electron chi connectivity index (χ1n) is 8.66. The summed E-state index contributed by atoms with van der Waals surface area (Å²) < 4.78 is 4.75. The minimum absolute atomic E-state index is 0.0741. The van der Waals surface area contributed by atoms with Crippen molar-refractivity contribution in [1.82, 2.24) is 10.2 Å². The van der Waals surface area contributed by atoms with Crippen molar-refractivity contribution in [2.24, 2.45) is 11.8 Å². The lowest BCUT2D eigenvalue weighted by molar-refractivity contribution is -0.141. The highest BCUT2D eigenvalue weighted by molar-refractivity contribution is 5.69. The molecule has 1 aliphatic carbocycles. The van der Waals surface area contributed by atoms with Crippen LogP contribution in [-0.4, -0.2) is 50.7 Å². The normalized spacial score (nSPS) is 28.5. The number of carbonyl (C=O) groups excluding carboxylic acids is 1. The fourth-order valence-electron chi connectivity index (χ4n) is 3.95. The zero-order chi connectivity index (χ0) is 15.1. The summed E-state index contributed by atoms with van der Waals surface area (Å²) in [7, 11) is 3.67. The Morgan fingerprint density at radius 2 is 1.95 bits per heavy atom. The molecular weight excluding hydrogens is 264 g/mol. The standard InChI is InChI=1S/C17H32N2O2/c1-19-12-15(8-9-17(20)21-2)10-16(13-19)18-11-14-6-4-3-5-7-14/h14-16,18H,3-13H2,1-2H3. The maximum Gasteiger partial charge on any atom is 0.305 e. The highest BCUT2D eigenvalue weighted by Gasteiger charge is 2.26. The van der Waals surface area contributed by atoms with E-state index in [1.165, 1.54) is 52.2 Å². The van der Waals surface area contributed by atoms with Crippen LogP contribution in [0.3, 0.4) is 0 Å². The number of ether oxygens (including phenoxy) is 1. The van der Waals surface area contributed by atoms with E-state index in [9.17, 15) is 4.79 Å². The number of piperidine rings is 1. The van der Waals surface area contributed by atoms with Gasteiger partial charge in [0.15, 0.2) is 0 Å². The van der Waals surface area contributed by atoms with Crippen molar-refractivity contribution in [3.8, 4) is 0 Å². The molecule has 2 atom stereocenters. The predicted molar refractivity (Wildman–Crippen MR) is 85.2 cm³/mol. The molecule has 1 saturated heterocycles. The maximum atomic E-state index is 11.3. The summed E-state index contributed by atoms with van der Waals surface area (Å²) in [5.74, 6) is 1.43. The number of hydrogen-bond acceptors (Lipinski definition) is 4. The number of rotatable bonds is 6. The van der Waals surface area contributed by atoms with Crippen LogP contribution in [0.4, 0.5) is 0 Å². The van der Waals surface area contributed by atoms with E-state index in [2.05, 4.69) is 17.3 Å². The monoisotopic (exact) mass is 296 g/mol. The number of likely N-dealkylation sites (tertiary alicyclic amines) is 1. The molecule has 1 heterocycles. The van der Waals surface area contributed by atoms with Crippen LogP contribution in [0.1, 0.15) is 51.4 Å². The molecular formula is C17H32N2O2. The summed E-state index contributed by atoms with van der Waals surface area (Å²) in [5.41, 5.74) is 0. The molecule has 2 rings (SSSR count). The highest BCUT2D eigenvalue weighted by Crippen LogP contribution is 2.24. The zero-order valence-corrected chi connectivity index (χ0v) is 13.8. The first kappa shape index (κ1) is 16.8. The molecule has 0 aromatic rings. The lowest BCUT2D eigenvalue weighted by Gasteiger charge is -2.37. The molecule has 4 heteroatoms. The van der Waals surface area contributed by atoms with Gasteiger partial charge in [-0.3, -0.25) is 4.79 Å². The molecule has 0 aromatic carbocycles. The number of hydrogen-bond donors (Lipinski definition) is 1. The molecule has 4 nitrogen and oxygen atoms in total. The molecule has 2 aliphatic rings. The van der Waals surface area contributed by atoms with Gasteiger partial charge < -0.3 is 15.0 Å². The minimum Gasteiger partial charge on any atom is -0.469 e. The SMILES string of the molecule is COC(=O)CCC1CC(NCC2CCCCC2)CN(C)C1. The Kier molecular flexibility index (Phi) is 6.97. The van der Waals surface area contributed by atoms with Gasteiger partial charge in [-0.05, 0) is 51.1 Å². The third-order valence-electron chi connectivity index (χ3n) is 5.12. The summed E-state index contributed by atoms with van der Waals surface area (Å²) in [5, 5.41) is 3.80. The van der Waals surface area contributed by atoms with E-state index >= 15 is 0 Å². The van der Waals surface area contributed by atoms with E-state index in [1.54, 1.807) is 0 Å². The van der Waals surface area contributed by atoms with Crippen molar-refractivity contribution in [2.75, 3.05) is 33.8 Å². The Morgan fingerprint density at radius 3 is 2.67 bits per heavy atom. The van der Waals surface area contributed by atoms with Crippen molar-refractivity contribution >= 4 is 5.97 Å². The summed E-state index contributed by atoms with van der Waals surface area (Å²) in [6.07, 6.45) is 9.79. The van der Waals surface area contributed by atoms with Gasteiger partial charge in [-0.2, -0.15) is 0 Å². The average Bonchev–Trinajstić information content (AvgIpc) is 2.51. The Balaban J connectivity index is 1.70. The fourth-order valence-corrected chi connectivity index (χ4v) is 3.95. The number of carbonyl (C=O) groups is 1. The molecule has 2 fully saturated rings. The summed E-state index contributed by atoms with van der Waals surface area (Å²) in [4.78, 5) is 13.7. The molecule has 1 saturated carbocycles. The van der Waals surface area contributed by atoms with Crippen molar-refractivity contribution in [2.45, 2.75) is 57.4 Å². The van der Waals surface area contributed by atoms with E-state index in [1.807, 2.05) is 0 Å². The van der Waals surface area contributed by atoms with Gasteiger partial charge in [0.2, 0.25) is 0 Å². The second-order valence-electron chi connectivity index (χ2n) is 7.05. The van der Waals surface area contributed by atoms with Gasteiger partial charge in [0.25, 0.3) is 0 Å². The number of nitrogens with zero attached hydrogens (tertiary/aromatic N) is 1. The minimum atomic E-state index is -0.0741. The fraction of sp³-hybridized carbons (Fsp3) is 0.941. The lowest BCUT2D eigenvalue weighted by atomic mass is 9.87. The van der Waals surface area contributed by atoms with Crippen LogP contribution in [0.25, 0.3) is 0 Å². The Labute approximate surface area is 129 Å². The summed E-state index contributed by atoms with van der Waals surface area (Å²) in [6, 6.07) is 0.591. The van der Waals surface area contributed by atoms with Crippen molar-refractivity contribution in [1.29, 1.82) is 0 Å². The first-order valence-corrected chi connectivity index (χ1v) is 8.66. The molecule has 0 aromatic heterocycles. The van der Waals surface area contributed by atoms with Crippen LogP contribution in [-0.2, 0) is 9.53 Å². The van der Waals surface area contributed by atoms with Crippen LogP contribution >= 0.6 is 0 Å². The van der Waals surface area contributed by atoms with Crippen molar-refractivity contribution in [3.63, 3.8) is 0 Å². The number of esters is 1. The highest BCUT2D eigenvalue weighted by atomic mass is 16.5. The smallest absolute Gasteiger partial charge is 0.305 e. The van der Waals surface area contributed by atoms with Crippen LogP contribution < -0.4 is 5.32 Å². The molecule has 0 spiro atoms. The van der Waals surface area contributed by atoms with Gasteiger partial charge in [0.1, 0.15) is 0 Å². The molecule has 0 amide bonds. The Bertz CT molecular complexity index is 316. The van der Waals surface area contributed by atoms with Gasteiger partial charge in [0, 0.05) is 25.6 Å². The van der Waals surface area contributed by atoms with Crippen LogP contribution in [0.15, 0.2) is 0 Å². The van der Waals surface area contributed by atoms with E-state index in [0.29, 0.717) is 18.4 Å². The molecule has 1 aliphatic heterocycles. The second-order valence-corrected chi connectivity index (χ2v) is 7.05. The lowest BCUT2D eigenvalue weighted by Crippen LogP contribution is -2.48. The van der Waals surface area contributed by atoms with Gasteiger partial charge in [-0.25, -0.2) is 0 Å². The Hall–Kier alpha value is -0.610. The maximum absolute atomic E-state index is 11.3. The molecule has 0 bridgehead atoms. The van der Waals surface area contributed by atoms with Crippen molar-refractivity contribution < 1.29 is 9.53 Å². The van der Waals surface area contributed by atoms with Gasteiger partial charge in [0.05, 0.1) is 7.11 Å². The zero-order valence-electron chi connectivity index (χ0n) is 13.8. The van der Waals surface area contributed by atoms with E-state index < -0.39 is 0 Å². The van der Waals surface area contributed by atoms with Crippen LogP contribution in [0, 0.1) is 11.8 Å². The molecule has 1 N–H and O–H groups in total. The summed E-state index contributed by atoms with van der Waals surface area (Å²) >= 11 is 0. The number of likely N-dealkylation sites (N-methyl/N-ethyl adjacent to an activating group) is 1. The number of methoxy groups -OCH3 is 1. The van der Waals surface area contributed by atoms with Gasteiger partial charge >= 0.3 is 5.97 Å². The van der Waals surface area contributed by atoms with Gasteiger partial charge in [-0.1, -0.05) is 19.3 Å². The topological polar surface area (TPSA) is 41.6 Å². The van der Waals surface area contributed by atoms with Gasteiger partial charge in [-0.15, -0.1) is 0 Å². The Morgan fingerprint density at radius 1 is 1.19 bits per heavy atom. The third-order valence-corrected chi connectivity index (χ3v) is 5.12. The second kappa shape index (κ2) is 8.74. The van der Waals surface area contributed by atoms with E-state index in [-0.39, 0.29) is 5.97 Å². The van der Waals surface area contributed by atoms with Crippen molar-refractivity contribution in [3.05, 3.63) is 0 Å². The van der Waals surface area contributed by atoms with Crippen LogP contribution in [0.5, 0.6) is 0 Å².